The quantitative estimate of drug-likeness (QED) is 0.446. The Morgan fingerprint density at radius 2 is 1.71 bits per heavy atom. The van der Waals surface area contributed by atoms with Crippen molar-refractivity contribution in [2.45, 2.75) is 36.5 Å². The summed E-state index contributed by atoms with van der Waals surface area (Å²) in [5.41, 5.74) is 0.921. The van der Waals surface area contributed by atoms with Crippen LogP contribution in [0.3, 0.4) is 0 Å². The van der Waals surface area contributed by atoms with E-state index in [0.29, 0.717) is 26.4 Å². The van der Waals surface area contributed by atoms with Crippen LogP contribution in [0.4, 0.5) is 0 Å². The summed E-state index contributed by atoms with van der Waals surface area (Å²) in [6, 6.07) is 20.6. The molecule has 2 N–H and O–H groups in total. The van der Waals surface area contributed by atoms with Crippen LogP contribution in [-0.2, 0) is 25.0 Å². The maximum atomic E-state index is 12.7. The minimum atomic E-state index is -3.71. The van der Waals surface area contributed by atoms with E-state index in [1.54, 1.807) is 18.2 Å². The molecule has 1 amide bonds. The van der Waals surface area contributed by atoms with Gasteiger partial charge in [-0.05, 0) is 60.4 Å². The SMILES string of the molecule is CCOc1ccc(C2(CNC(=O)CCNS(=O)(=O)c3ccc4ccccc4c3)CCOCC2)cc1. The van der Waals surface area contributed by atoms with Gasteiger partial charge in [0.25, 0.3) is 0 Å². The van der Waals surface area contributed by atoms with Gasteiger partial charge in [0.1, 0.15) is 5.75 Å². The highest BCUT2D eigenvalue weighted by atomic mass is 32.2. The van der Waals surface area contributed by atoms with Gasteiger partial charge in [-0.15, -0.1) is 0 Å². The van der Waals surface area contributed by atoms with E-state index in [-0.39, 0.29) is 29.2 Å². The monoisotopic (exact) mass is 496 g/mol. The molecule has 0 spiro atoms. The third kappa shape index (κ3) is 6.20. The molecule has 0 aliphatic carbocycles. The normalized spacial score (nSPS) is 15.6. The van der Waals surface area contributed by atoms with Crippen molar-refractivity contribution in [3.63, 3.8) is 0 Å². The van der Waals surface area contributed by atoms with E-state index in [0.717, 1.165) is 34.9 Å². The first-order valence-corrected chi connectivity index (χ1v) is 13.5. The van der Waals surface area contributed by atoms with Gasteiger partial charge < -0.3 is 14.8 Å². The lowest BCUT2D eigenvalue weighted by Gasteiger charge is -2.38. The van der Waals surface area contributed by atoms with Crippen LogP contribution in [0, 0.1) is 0 Å². The Hall–Kier alpha value is -2.94. The number of ether oxygens (including phenoxy) is 2. The van der Waals surface area contributed by atoms with Crippen LogP contribution in [0.5, 0.6) is 5.75 Å². The van der Waals surface area contributed by atoms with E-state index < -0.39 is 10.0 Å². The lowest BCUT2D eigenvalue weighted by molar-refractivity contribution is -0.121. The highest BCUT2D eigenvalue weighted by molar-refractivity contribution is 7.89. The Balaban J connectivity index is 1.33. The third-order valence-corrected chi connectivity index (χ3v) is 7.99. The van der Waals surface area contributed by atoms with Crippen LogP contribution in [0.25, 0.3) is 10.8 Å². The number of hydrogen-bond acceptors (Lipinski definition) is 5. The maximum Gasteiger partial charge on any atom is 0.240 e. The topological polar surface area (TPSA) is 93.7 Å². The van der Waals surface area contributed by atoms with Crippen molar-refractivity contribution in [3.8, 4) is 5.75 Å². The predicted molar refractivity (Wildman–Crippen MR) is 136 cm³/mol. The molecule has 186 valence electrons. The van der Waals surface area contributed by atoms with E-state index in [1.165, 1.54) is 0 Å². The Kier molecular flexibility index (Phi) is 8.05. The van der Waals surface area contributed by atoms with Gasteiger partial charge in [0.15, 0.2) is 0 Å². The molecule has 7 nitrogen and oxygen atoms in total. The van der Waals surface area contributed by atoms with Crippen LogP contribution in [0.1, 0.15) is 31.7 Å². The van der Waals surface area contributed by atoms with Crippen molar-refractivity contribution < 1.29 is 22.7 Å². The van der Waals surface area contributed by atoms with Gasteiger partial charge in [0.05, 0.1) is 11.5 Å². The lowest BCUT2D eigenvalue weighted by atomic mass is 9.74. The Morgan fingerprint density at radius 3 is 2.43 bits per heavy atom. The Morgan fingerprint density at radius 1 is 1.00 bits per heavy atom. The fourth-order valence-electron chi connectivity index (χ4n) is 4.47. The highest BCUT2D eigenvalue weighted by Gasteiger charge is 2.34. The van der Waals surface area contributed by atoms with Crippen LogP contribution in [0.2, 0.25) is 0 Å². The minimum absolute atomic E-state index is 0.0279. The second-order valence-electron chi connectivity index (χ2n) is 8.78. The zero-order valence-corrected chi connectivity index (χ0v) is 20.8. The largest absolute Gasteiger partial charge is 0.494 e. The molecular weight excluding hydrogens is 464 g/mol. The number of rotatable bonds is 10. The van der Waals surface area contributed by atoms with Gasteiger partial charge in [-0.3, -0.25) is 4.79 Å². The van der Waals surface area contributed by atoms with E-state index >= 15 is 0 Å². The number of benzene rings is 3. The summed E-state index contributed by atoms with van der Waals surface area (Å²) < 4.78 is 39.1. The Labute approximate surface area is 206 Å². The molecule has 0 radical (unpaired) electrons. The smallest absolute Gasteiger partial charge is 0.240 e. The number of sulfonamides is 1. The van der Waals surface area contributed by atoms with Crippen molar-refractivity contribution in [2.24, 2.45) is 0 Å². The molecule has 1 saturated heterocycles. The third-order valence-electron chi connectivity index (χ3n) is 6.53. The molecular formula is C27H32N2O5S. The van der Waals surface area contributed by atoms with Gasteiger partial charge in [0.2, 0.25) is 15.9 Å². The van der Waals surface area contributed by atoms with Crippen LogP contribution in [0.15, 0.2) is 71.6 Å². The molecule has 1 fully saturated rings. The van der Waals surface area contributed by atoms with E-state index in [1.807, 2.05) is 43.3 Å². The van der Waals surface area contributed by atoms with Gasteiger partial charge >= 0.3 is 0 Å². The molecule has 35 heavy (non-hydrogen) atoms. The highest BCUT2D eigenvalue weighted by Crippen LogP contribution is 2.35. The van der Waals surface area contributed by atoms with Crippen molar-refractivity contribution >= 4 is 26.7 Å². The fourth-order valence-corrected chi connectivity index (χ4v) is 5.54. The van der Waals surface area contributed by atoms with Crippen molar-refractivity contribution in [1.82, 2.24) is 10.0 Å². The molecule has 3 aromatic carbocycles. The summed E-state index contributed by atoms with van der Waals surface area (Å²) in [5.74, 6) is 0.629. The van der Waals surface area contributed by atoms with Crippen LogP contribution < -0.4 is 14.8 Å². The van der Waals surface area contributed by atoms with Gasteiger partial charge in [-0.1, -0.05) is 42.5 Å². The van der Waals surface area contributed by atoms with E-state index in [4.69, 9.17) is 9.47 Å². The molecule has 8 heteroatoms. The molecule has 1 heterocycles. The standard InChI is InChI=1S/C27H32N2O5S/c1-2-34-24-10-8-23(9-11-24)27(14-17-33-18-15-27)20-28-26(30)13-16-29-35(31,32)25-12-7-21-5-3-4-6-22(21)19-25/h3-12,19,29H,2,13-18,20H2,1H3,(H,28,30). The summed E-state index contributed by atoms with van der Waals surface area (Å²) in [4.78, 5) is 12.8. The first-order valence-electron chi connectivity index (χ1n) is 12.0. The summed E-state index contributed by atoms with van der Waals surface area (Å²) in [7, 11) is -3.71. The fraction of sp³-hybridized carbons (Fsp3) is 0.370. The molecule has 3 aromatic rings. The van der Waals surface area contributed by atoms with Crippen molar-refractivity contribution in [2.75, 3.05) is 32.9 Å². The van der Waals surface area contributed by atoms with Crippen molar-refractivity contribution in [3.05, 3.63) is 72.3 Å². The van der Waals surface area contributed by atoms with Gasteiger partial charge in [-0.25, -0.2) is 13.1 Å². The zero-order valence-electron chi connectivity index (χ0n) is 20.0. The second kappa shape index (κ2) is 11.2. The number of amides is 1. The van der Waals surface area contributed by atoms with Crippen LogP contribution >= 0.6 is 0 Å². The molecule has 4 rings (SSSR count). The molecule has 0 saturated carbocycles. The molecule has 0 unspecified atom stereocenters. The maximum absolute atomic E-state index is 12.7. The molecule has 1 aliphatic heterocycles. The average molecular weight is 497 g/mol. The number of carbonyl (C=O) groups is 1. The zero-order chi connectivity index (χ0) is 24.7. The van der Waals surface area contributed by atoms with Gasteiger partial charge in [-0.2, -0.15) is 0 Å². The van der Waals surface area contributed by atoms with Gasteiger partial charge in [0, 0.05) is 38.1 Å². The molecule has 1 aliphatic rings. The number of nitrogens with one attached hydrogen (secondary N) is 2. The summed E-state index contributed by atoms with van der Waals surface area (Å²) >= 11 is 0. The predicted octanol–water partition coefficient (Wildman–Crippen LogP) is 3.77. The number of hydrogen-bond donors (Lipinski definition) is 2. The molecule has 0 atom stereocenters. The molecule has 0 bridgehead atoms. The van der Waals surface area contributed by atoms with E-state index in [2.05, 4.69) is 22.2 Å². The molecule has 0 aromatic heterocycles. The van der Waals surface area contributed by atoms with E-state index in [9.17, 15) is 13.2 Å². The number of carbonyl (C=O) groups excluding carboxylic acids is 1. The second-order valence-corrected chi connectivity index (χ2v) is 10.6. The van der Waals surface area contributed by atoms with Crippen molar-refractivity contribution in [1.29, 1.82) is 0 Å². The summed E-state index contributed by atoms with van der Waals surface area (Å²) in [6.07, 6.45) is 1.66. The minimum Gasteiger partial charge on any atom is -0.494 e. The Bertz CT molecular complexity index is 1250. The average Bonchev–Trinajstić information content (AvgIpc) is 2.88. The summed E-state index contributed by atoms with van der Waals surface area (Å²) in [5, 5.41) is 4.84. The van der Waals surface area contributed by atoms with Crippen LogP contribution in [-0.4, -0.2) is 47.2 Å². The number of fused-ring (bicyclic) bond motifs is 1. The first-order chi connectivity index (χ1) is 16.9. The lowest BCUT2D eigenvalue weighted by Crippen LogP contribution is -2.45. The summed E-state index contributed by atoms with van der Waals surface area (Å²) in [6.45, 7) is 4.33. The first kappa shape index (κ1) is 25.2.